The quantitative estimate of drug-likeness (QED) is 0.769. The number of primary amides is 1. The second-order valence-electron chi connectivity index (χ2n) is 9.27. The second-order valence-corrected chi connectivity index (χ2v) is 9.27. The van der Waals surface area contributed by atoms with E-state index in [1.165, 1.54) is 0 Å². The molecule has 1 fully saturated rings. The first kappa shape index (κ1) is 21.6. The van der Waals surface area contributed by atoms with Crippen molar-refractivity contribution in [2.45, 2.75) is 33.6 Å². The number of aromatic nitrogens is 1. The first-order valence-corrected chi connectivity index (χ1v) is 10.9. The molecule has 166 valence electrons. The highest BCUT2D eigenvalue weighted by molar-refractivity contribution is 5.99. The molecule has 1 aliphatic carbocycles. The maximum Gasteiger partial charge on any atom is 0.248 e. The fraction of sp³-hybridized carbons (Fsp3) is 0.500. The van der Waals surface area contributed by atoms with Crippen LogP contribution in [0.1, 0.15) is 52.4 Å². The van der Waals surface area contributed by atoms with Gasteiger partial charge in [0.05, 0.1) is 18.9 Å². The number of fused-ring (bicyclic) bond motifs is 1. The van der Waals surface area contributed by atoms with Crippen molar-refractivity contribution in [2.75, 3.05) is 39.5 Å². The van der Waals surface area contributed by atoms with Crippen molar-refractivity contribution in [3.63, 3.8) is 0 Å². The number of ketones is 1. The minimum absolute atomic E-state index is 0.100. The third-order valence-corrected chi connectivity index (χ3v) is 6.13. The van der Waals surface area contributed by atoms with Gasteiger partial charge in [-0.3, -0.25) is 14.5 Å². The Balaban J connectivity index is 1.68. The highest BCUT2D eigenvalue weighted by Crippen LogP contribution is 2.39. The van der Waals surface area contributed by atoms with Crippen LogP contribution in [-0.4, -0.2) is 60.6 Å². The van der Waals surface area contributed by atoms with Gasteiger partial charge in [-0.2, -0.15) is 0 Å². The lowest BCUT2D eigenvalue weighted by atomic mass is 9.76. The molecule has 1 aromatic heterocycles. The molecule has 4 rings (SSSR count). The fourth-order valence-electron chi connectivity index (χ4n) is 4.56. The number of ether oxygens (including phenoxy) is 2. The second kappa shape index (κ2) is 8.48. The fourth-order valence-corrected chi connectivity index (χ4v) is 4.56. The summed E-state index contributed by atoms with van der Waals surface area (Å²) in [5.74, 6) is 0.283. The predicted molar refractivity (Wildman–Crippen MR) is 118 cm³/mol. The molecule has 0 unspecified atom stereocenters. The Morgan fingerprint density at radius 2 is 1.94 bits per heavy atom. The molecule has 31 heavy (non-hydrogen) atoms. The Labute approximate surface area is 183 Å². The molecular formula is C24H31N3O4. The van der Waals surface area contributed by atoms with Crippen LogP contribution in [-0.2, 0) is 11.2 Å². The molecule has 0 saturated carbocycles. The van der Waals surface area contributed by atoms with Crippen molar-refractivity contribution in [2.24, 2.45) is 11.1 Å². The molecule has 1 aliphatic heterocycles. The van der Waals surface area contributed by atoms with E-state index < -0.39 is 5.91 Å². The van der Waals surface area contributed by atoms with Gasteiger partial charge in [-0.15, -0.1) is 0 Å². The van der Waals surface area contributed by atoms with E-state index in [0.717, 1.165) is 61.9 Å². The number of carbonyl (C=O) groups is 2. The zero-order valence-corrected chi connectivity index (χ0v) is 18.6. The molecule has 2 heterocycles. The summed E-state index contributed by atoms with van der Waals surface area (Å²) < 4.78 is 13.7. The number of hydrogen-bond acceptors (Lipinski definition) is 5. The number of amides is 1. The summed E-state index contributed by atoms with van der Waals surface area (Å²) >= 11 is 0. The van der Waals surface area contributed by atoms with Crippen LogP contribution in [0.15, 0.2) is 24.3 Å². The van der Waals surface area contributed by atoms with Crippen LogP contribution in [0.5, 0.6) is 5.75 Å². The van der Waals surface area contributed by atoms with Gasteiger partial charge in [0.15, 0.2) is 5.78 Å². The molecule has 2 N–H and O–H groups in total. The van der Waals surface area contributed by atoms with Crippen molar-refractivity contribution >= 4 is 11.7 Å². The van der Waals surface area contributed by atoms with Gasteiger partial charge in [-0.1, -0.05) is 13.8 Å². The highest BCUT2D eigenvalue weighted by atomic mass is 16.5. The van der Waals surface area contributed by atoms with Gasteiger partial charge in [0.2, 0.25) is 5.91 Å². The monoisotopic (exact) mass is 425 g/mol. The number of aryl methyl sites for hydroxylation is 1. The summed E-state index contributed by atoms with van der Waals surface area (Å²) in [7, 11) is 0. The van der Waals surface area contributed by atoms with E-state index in [4.69, 9.17) is 15.2 Å². The number of nitrogens with zero attached hydrogens (tertiary/aromatic N) is 2. The maximum absolute atomic E-state index is 12.8. The number of benzene rings is 1. The Morgan fingerprint density at radius 1 is 1.19 bits per heavy atom. The predicted octanol–water partition coefficient (Wildman–Crippen LogP) is 2.75. The van der Waals surface area contributed by atoms with Crippen LogP contribution in [0.2, 0.25) is 0 Å². The lowest BCUT2D eigenvalue weighted by Crippen LogP contribution is -2.38. The maximum atomic E-state index is 12.8. The lowest BCUT2D eigenvalue weighted by molar-refractivity contribution is 0.0322. The Bertz CT molecular complexity index is 1000. The number of rotatable bonds is 6. The van der Waals surface area contributed by atoms with Gasteiger partial charge in [0, 0.05) is 48.6 Å². The van der Waals surface area contributed by atoms with Gasteiger partial charge < -0.3 is 19.8 Å². The van der Waals surface area contributed by atoms with E-state index in [1.807, 2.05) is 19.1 Å². The Hall–Kier alpha value is -2.64. The molecule has 7 heteroatoms. The standard InChI is InChI=1S/C24H31N3O4/c1-16-12-18-20(14-24(2,3)15-21(18)28)27(16)19-5-4-17(23(25)29)13-22(19)31-11-8-26-6-9-30-10-7-26/h4-5,12-13H,6-11,14-15H2,1-3H3,(H2,25,29). The molecule has 0 spiro atoms. The number of nitrogens with two attached hydrogens (primary N) is 1. The van der Waals surface area contributed by atoms with E-state index in [1.54, 1.807) is 12.1 Å². The first-order valence-electron chi connectivity index (χ1n) is 10.9. The summed E-state index contributed by atoms with van der Waals surface area (Å²) in [6, 6.07) is 7.25. The summed E-state index contributed by atoms with van der Waals surface area (Å²) in [6.07, 6.45) is 1.35. The number of carbonyl (C=O) groups excluding carboxylic acids is 2. The molecule has 0 atom stereocenters. The van der Waals surface area contributed by atoms with E-state index in [9.17, 15) is 9.59 Å². The normalized spacial score (nSPS) is 18.6. The summed E-state index contributed by atoms with van der Waals surface area (Å²) in [5, 5.41) is 0. The van der Waals surface area contributed by atoms with Gasteiger partial charge in [-0.05, 0) is 43.0 Å². The van der Waals surface area contributed by atoms with E-state index in [0.29, 0.717) is 24.3 Å². The van der Waals surface area contributed by atoms with Crippen LogP contribution >= 0.6 is 0 Å². The SMILES string of the molecule is Cc1cc2c(n1-c1ccc(C(N)=O)cc1OCCN1CCOCC1)CC(C)(C)CC2=O. The summed E-state index contributed by atoms with van der Waals surface area (Å²) in [6.45, 7) is 10.8. The summed E-state index contributed by atoms with van der Waals surface area (Å²) in [4.78, 5) is 26.8. The Kier molecular flexibility index (Phi) is 5.90. The van der Waals surface area contributed by atoms with Crippen molar-refractivity contribution in [1.82, 2.24) is 9.47 Å². The summed E-state index contributed by atoms with van der Waals surface area (Å²) in [5.41, 5.74) is 9.42. The zero-order chi connectivity index (χ0) is 22.2. The van der Waals surface area contributed by atoms with Crippen molar-refractivity contribution < 1.29 is 19.1 Å². The molecule has 1 saturated heterocycles. The number of morpholine rings is 1. The molecular weight excluding hydrogens is 394 g/mol. The largest absolute Gasteiger partial charge is 0.490 e. The smallest absolute Gasteiger partial charge is 0.248 e. The highest BCUT2D eigenvalue weighted by Gasteiger charge is 2.34. The number of Topliss-reactive ketones (excluding diaryl/α,β-unsaturated/α-hetero) is 1. The van der Waals surface area contributed by atoms with Crippen LogP contribution in [0.25, 0.3) is 5.69 Å². The lowest BCUT2D eigenvalue weighted by Gasteiger charge is -2.30. The van der Waals surface area contributed by atoms with Crippen LogP contribution < -0.4 is 10.5 Å². The van der Waals surface area contributed by atoms with Gasteiger partial charge >= 0.3 is 0 Å². The minimum atomic E-state index is -0.493. The molecule has 1 amide bonds. The molecule has 1 aromatic carbocycles. The third-order valence-electron chi connectivity index (χ3n) is 6.13. The van der Waals surface area contributed by atoms with E-state index in [-0.39, 0.29) is 11.2 Å². The average Bonchev–Trinajstić information content (AvgIpc) is 3.03. The molecule has 0 radical (unpaired) electrons. The first-order chi connectivity index (χ1) is 14.7. The zero-order valence-electron chi connectivity index (χ0n) is 18.6. The van der Waals surface area contributed by atoms with Crippen LogP contribution in [0.4, 0.5) is 0 Å². The van der Waals surface area contributed by atoms with Gasteiger partial charge in [-0.25, -0.2) is 0 Å². The molecule has 2 aromatic rings. The van der Waals surface area contributed by atoms with Crippen molar-refractivity contribution in [1.29, 1.82) is 0 Å². The molecule has 7 nitrogen and oxygen atoms in total. The number of hydrogen-bond donors (Lipinski definition) is 1. The van der Waals surface area contributed by atoms with Crippen LogP contribution in [0, 0.1) is 12.3 Å². The van der Waals surface area contributed by atoms with E-state index in [2.05, 4.69) is 23.3 Å². The minimum Gasteiger partial charge on any atom is -0.490 e. The molecule has 2 aliphatic rings. The topological polar surface area (TPSA) is 86.8 Å². The average molecular weight is 426 g/mol. The van der Waals surface area contributed by atoms with E-state index >= 15 is 0 Å². The third kappa shape index (κ3) is 4.52. The van der Waals surface area contributed by atoms with Crippen molar-refractivity contribution in [3.05, 3.63) is 46.8 Å². The molecule has 0 bridgehead atoms. The van der Waals surface area contributed by atoms with Gasteiger partial charge in [0.1, 0.15) is 12.4 Å². The van der Waals surface area contributed by atoms with Crippen LogP contribution in [0.3, 0.4) is 0 Å². The van der Waals surface area contributed by atoms with Gasteiger partial charge in [0.25, 0.3) is 0 Å². The van der Waals surface area contributed by atoms with Crippen molar-refractivity contribution in [3.8, 4) is 11.4 Å². The Morgan fingerprint density at radius 3 is 2.65 bits per heavy atom.